The van der Waals surface area contributed by atoms with E-state index in [-0.39, 0.29) is 11.1 Å². The van der Waals surface area contributed by atoms with Gasteiger partial charge in [-0.2, -0.15) is 0 Å². The van der Waals surface area contributed by atoms with E-state index < -0.39 is 5.97 Å². The number of rotatable bonds is 3. The summed E-state index contributed by atoms with van der Waals surface area (Å²) in [5, 5.41) is 12.9. The highest BCUT2D eigenvalue weighted by molar-refractivity contribution is 5.97. The lowest BCUT2D eigenvalue weighted by molar-refractivity contribution is 0.0107. The Morgan fingerprint density at radius 1 is 1.14 bits per heavy atom. The number of anilines is 2. The van der Waals surface area contributed by atoms with Crippen molar-refractivity contribution in [3.63, 3.8) is 0 Å². The van der Waals surface area contributed by atoms with Crippen LogP contribution in [-0.2, 0) is 0 Å². The number of carboxylic acid groups (broad SMARTS) is 1. The first-order chi connectivity index (χ1) is 10.0. The minimum atomic E-state index is -0.957. The molecule has 5 rings (SSSR count). The van der Waals surface area contributed by atoms with Gasteiger partial charge in [-0.1, -0.05) is 6.07 Å². The molecule has 0 saturated heterocycles. The SMILES string of the molecule is Nc1c(NC23CC4CC(CC(C4)C2)C3)cccc1C(=O)O. The molecule has 4 heteroatoms. The Hall–Kier alpha value is -1.71. The maximum absolute atomic E-state index is 11.2. The monoisotopic (exact) mass is 286 g/mol. The third kappa shape index (κ3) is 2.08. The number of benzene rings is 1. The van der Waals surface area contributed by atoms with E-state index in [9.17, 15) is 9.90 Å². The molecule has 4 bridgehead atoms. The Labute approximate surface area is 124 Å². The molecule has 0 aromatic heterocycles. The van der Waals surface area contributed by atoms with Gasteiger partial charge in [-0.05, 0) is 68.4 Å². The summed E-state index contributed by atoms with van der Waals surface area (Å²) in [7, 11) is 0. The molecular formula is C17H22N2O2. The Morgan fingerprint density at radius 3 is 2.24 bits per heavy atom. The molecule has 4 fully saturated rings. The predicted molar refractivity (Wildman–Crippen MR) is 82.3 cm³/mol. The summed E-state index contributed by atoms with van der Waals surface area (Å²) in [6, 6.07) is 5.27. The van der Waals surface area contributed by atoms with Crippen molar-refractivity contribution in [1.82, 2.24) is 0 Å². The summed E-state index contributed by atoms with van der Waals surface area (Å²) in [5.41, 5.74) is 7.60. The van der Waals surface area contributed by atoms with E-state index in [1.807, 2.05) is 6.07 Å². The second kappa shape index (κ2) is 4.39. The average Bonchev–Trinajstić information content (AvgIpc) is 2.39. The van der Waals surface area contributed by atoms with E-state index in [2.05, 4.69) is 5.32 Å². The summed E-state index contributed by atoms with van der Waals surface area (Å²) >= 11 is 0. The molecule has 21 heavy (non-hydrogen) atoms. The molecule has 0 atom stereocenters. The normalized spacial score (nSPS) is 36.7. The van der Waals surface area contributed by atoms with Gasteiger partial charge in [-0.15, -0.1) is 0 Å². The molecule has 0 aliphatic heterocycles. The number of aromatic carboxylic acids is 1. The van der Waals surface area contributed by atoms with Gasteiger partial charge < -0.3 is 16.2 Å². The second-order valence-corrected chi connectivity index (χ2v) is 7.39. The van der Waals surface area contributed by atoms with Gasteiger partial charge in [0.25, 0.3) is 0 Å². The highest BCUT2D eigenvalue weighted by Crippen LogP contribution is 2.56. The molecule has 1 aromatic rings. The van der Waals surface area contributed by atoms with E-state index in [0.29, 0.717) is 5.69 Å². The highest BCUT2D eigenvalue weighted by atomic mass is 16.4. The number of para-hydroxylation sites is 1. The van der Waals surface area contributed by atoms with Gasteiger partial charge in [-0.25, -0.2) is 4.79 Å². The third-order valence-electron chi connectivity index (χ3n) is 5.77. The Bertz CT molecular complexity index is 561. The van der Waals surface area contributed by atoms with E-state index >= 15 is 0 Å². The quantitative estimate of drug-likeness (QED) is 0.745. The summed E-state index contributed by atoms with van der Waals surface area (Å²) in [5.74, 6) is 1.61. The first-order valence-electron chi connectivity index (χ1n) is 7.95. The first kappa shape index (κ1) is 13.0. The van der Waals surface area contributed by atoms with Crippen LogP contribution in [0.1, 0.15) is 48.9 Å². The van der Waals surface area contributed by atoms with Crippen LogP contribution in [0.25, 0.3) is 0 Å². The van der Waals surface area contributed by atoms with Gasteiger partial charge in [0.05, 0.1) is 16.9 Å². The number of nitrogens with one attached hydrogen (secondary N) is 1. The number of nitrogens with two attached hydrogens (primary N) is 1. The molecule has 112 valence electrons. The fourth-order valence-electron chi connectivity index (χ4n) is 5.41. The van der Waals surface area contributed by atoms with Crippen LogP contribution in [0.15, 0.2) is 18.2 Å². The lowest BCUT2D eigenvalue weighted by Gasteiger charge is -2.57. The maximum Gasteiger partial charge on any atom is 0.337 e. The average molecular weight is 286 g/mol. The van der Waals surface area contributed by atoms with Gasteiger partial charge in [0.15, 0.2) is 0 Å². The molecular weight excluding hydrogens is 264 g/mol. The number of carbonyl (C=O) groups is 1. The molecule has 0 radical (unpaired) electrons. The molecule has 1 aromatic carbocycles. The van der Waals surface area contributed by atoms with Crippen LogP contribution in [0.2, 0.25) is 0 Å². The van der Waals surface area contributed by atoms with Crippen LogP contribution in [0, 0.1) is 17.8 Å². The molecule has 0 heterocycles. The maximum atomic E-state index is 11.2. The number of hydrogen-bond acceptors (Lipinski definition) is 3. The van der Waals surface area contributed by atoms with E-state index in [4.69, 9.17) is 5.73 Å². The molecule has 0 amide bonds. The third-order valence-corrected chi connectivity index (χ3v) is 5.77. The van der Waals surface area contributed by atoms with E-state index in [0.717, 1.165) is 23.4 Å². The van der Waals surface area contributed by atoms with Gasteiger partial charge in [0.2, 0.25) is 0 Å². The summed E-state index contributed by atoms with van der Waals surface area (Å²) in [6.45, 7) is 0. The van der Waals surface area contributed by atoms with Crippen molar-refractivity contribution in [2.24, 2.45) is 17.8 Å². The Morgan fingerprint density at radius 2 is 1.71 bits per heavy atom. The van der Waals surface area contributed by atoms with Crippen molar-refractivity contribution in [1.29, 1.82) is 0 Å². The standard InChI is InChI=1S/C17H22N2O2/c18-15-13(16(20)21)2-1-3-14(15)19-17-7-10-4-11(8-17)6-12(5-10)9-17/h1-3,10-12,19H,4-9,18H2,(H,20,21). The van der Waals surface area contributed by atoms with Crippen molar-refractivity contribution in [3.8, 4) is 0 Å². The summed E-state index contributed by atoms with van der Waals surface area (Å²) in [6.07, 6.45) is 7.84. The van der Waals surface area contributed by atoms with Crippen LogP contribution in [-0.4, -0.2) is 16.6 Å². The molecule has 4 saturated carbocycles. The van der Waals surface area contributed by atoms with Crippen LogP contribution >= 0.6 is 0 Å². The Balaban J connectivity index is 1.64. The first-order valence-corrected chi connectivity index (χ1v) is 7.95. The van der Waals surface area contributed by atoms with Gasteiger partial charge in [-0.3, -0.25) is 0 Å². The van der Waals surface area contributed by atoms with Crippen molar-refractivity contribution < 1.29 is 9.90 Å². The zero-order valence-corrected chi connectivity index (χ0v) is 12.1. The zero-order chi connectivity index (χ0) is 14.6. The number of hydrogen-bond donors (Lipinski definition) is 3. The van der Waals surface area contributed by atoms with Crippen molar-refractivity contribution in [2.75, 3.05) is 11.1 Å². The highest BCUT2D eigenvalue weighted by Gasteiger charge is 2.51. The van der Waals surface area contributed by atoms with Gasteiger partial charge in [0.1, 0.15) is 0 Å². The van der Waals surface area contributed by atoms with Gasteiger partial charge >= 0.3 is 5.97 Å². The molecule has 0 unspecified atom stereocenters. The summed E-state index contributed by atoms with van der Waals surface area (Å²) in [4.78, 5) is 11.2. The zero-order valence-electron chi connectivity index (χ0n) is 12.1. The smallest absolute Gasteiger partial charge is 0.337 e. The molecule has 4 N–H and O–H groups in total. The van der Waals surface area contributed by atoms with Crippen LogP contribution in [0.4, 0.5) is 11.4 Å². The minimum absolute atomic E-state index is 0.153. The molecule has 4 aliphatic rings. The lowest BCUT2D eigenvalue weighted by atomic mass is 9.53. The van der Waals surface area contributed by atoms with Crippen molar-refractivity contribution in [2.45, 2.75) is 44.1 Å². The number of carboxylic acids is 1. The van der Waals surface area contributed by atoms with Gasteiger partial charge in [0, 0.05) is 5.54 Å². The molecule has 4 aliphatic carbocycles. The van der Waals surface area contributed by atoms with Crippen LogP contribution in [0.5, 0.6) is 0 Å². The van der Waals surface area contributed by atoms with Crippen LogP contribution in [0.3, 0.4) is 0 Å². The second-order valence-electron chi connectivity index (χ2n) is 7.39. The largest absolute Gasteiger partial charge is 0.478 e. The fourth-order valence-corrected chi connectivity index (χ4v) is 5.41. The number of nitrogen functional groups attached to an aromatic ring is 1. The van der Waals surface area contributed by atoms with Crippen molar-refractivity contribution >= 4 is 17.3 Å². The van der Waals surface area contributed by atoms with Crippen molar-refractivity contribution in [3.05, 3.63) is 23.8 Å². The molecule has 0 spiro atoms. The fraction of sp³-hybridized carbons (Fsp3) is 0.588. The predicted octanol–water partition coefficient (Wildman–Crippen LogP) is 3.35. The minimum Gasteiger partial charge on any atom is -0.478 e. The summed E-state index contributed by atoms with van der Waals surface area (Å²) < 4.78 is 0. The van der Waals surface area contributed by atoms with Crippen LogP contribution < -0.4 is 11.1 Å². The van der Waals surface area contributed by atoms with E-state index in [1.54, 1.807) is 12.1 Å². The topological polar surface area (TPSA) is 75.3 Å². The lowest BCUT2D eigenvalue weighted by Crippen LogP contribution is -2.54. The Kier molecular flexibility index (Phi) is 2.72. The van der Waals surface area contributed by atoms with E-state index in [1.165, 1.54) is 38.5 Å². The molecule has 4 nitrogen and oxygen atoms in total.